The highest BCUT2D eigenvalue weighted by Crippen LogP contribution is 2.26. The molecule has 1 amide bonds. The molecule has 1 N–H and O–H groups in total. The average molecular weight is 264 g/mol. The van der Waals surface area contributed by atoms with Gasteiger partial charge in [0.25, 0.3) is 0 Å². The molecule has 0 saturated carbocycles. The molecule has 19 heavy (non-hydrogen) atoms. The Labute approximate surface area is 113 Å². The van der Waals surface area contributed by atoms with Crippen molar-refractivity contribution in [2.24, 2.45) is 0 Å². The summed E-state index contributed by atoms with van der Waals surface area (Å²) in [7, 11) is 0. The van der Waals surface area contributed by atoms with Gasteiger partial charge in [-0.1, -0.05) is 31.9 Å². The van der Waals surface area contributed by atoms with Gasteiger partial charge in [0.05, 0.1) is 6.54 Å². The van der Waals surface area contributed by atoms with Crippen molar-refractivity contribution < 1.29 is 9.18 Å². The summed E-state index contributed by atoms with van der Waals surface area (Å²) in [5.41, 5.74) is 0.814. The highest BCUT2D eigenvalue weighted by Gasteiger charge is 2.34. The number of benzene rings is 1. The third-order valence-corrected chi connectivity index (χ3v) is 3.63. The molecule has 1 aromatic rings. The number of rotatable bonds is 5. The molecule has 2 unspecified atom stereocenters. The fourth-order valence-corrected chi connectivity index (χ4v) is 2.61. The Morgan fingerprint density at radius 2 is 2.32 bits per heavy atom. The molecule has 2 rings (SSSR count). The van der Waals surface area contributed by atoms with E-state index in [1.54, 1.807) is 6.07 Å². The summed E-state index contributed by atoms with van der Waals surface area (Å²) in [6.07, 6.45) is 3.00. The molecule has 1 aliphatic heterocycles. The van der Waals surface area contributed by atoms with Crippen LogP contribution in [0.15, 0.2) is 24.3 Å². The highest BCUT2D eigenvalue weighted by atomic mass is 19.1. The smallest absolute Gasteiger partial charge is 0.238 e. The van der Waals surface area contributed by atoms with Gasteiger partial charge in [-0.2, -0.15) is 0 Å². The van der Waals surface area contributed by atoms with E-state index >= 15 is 0 Å². The molecule has 2 atom stereocenters. The topological polar surface area (TPSA) is 32.3 Å². The van der Waals surface area contributed by atoms with Crippen LogP contribution >= 0.6 is 0 Å². The number of unbranched alkanes of at least 4 members (excludes halogenated alkanes) is 1. The molecule has 0 aliphatic carbocycles. The maximum atomic E-state index is 13.3. The van der Waals surface area contributed by atoms with Crippen LogP contribution in [0.25, 0.3) is 0 Å². The lowest BCUT2D eigenvalue weighted by Crippen LogP contribution is -2.37. The Morgan fingerprint density at radius 3 is 3.00 bits per heavy atom. The highest BCUT2D eigenvalue weighted by molar-refractivity contribution is 5.81. The number of hydrogen-bond donors (Lipinski definition) is 1. The maximum absolute atomic E-state index is 13.3. The molecular weight excluding hydrogens is 243 g/mol. The first-order valence-electron chi connectivity index (χ1n) is 6.93. The molecule has 1 aliphatic rings. The molecule has 0 spiro atoms. The molecular formula is C15H21FN2O. The van der Waals surface area contributed by atoms with Crippen LogP contribution in [0.2, 0.25) is 0 Å². The number of amides is 1. The molecule has 0 radical (unpaired) electrons. The first-order valence-corrected chi connectivity index (χ1v) is 6.93. The predicted molar refractivity (Wildman–Crippen MR) is 73.0 cm³/mol. The molecule has 1 heterocycles. The van der Waals surface area contributed by atoms with Crippen molar-refractivity contribution in [2.45, 2.75) is 45.3 Å². The summed E-state index contributed by atoms with van der Waals surface area (Å²) < 4.78 is 13.3. The zero-order chi connectivity index (χ0) is 13.8. The van der Waals surface area contributed by atoms with Crippen molar-refractivity contribution in [3.05, 3.63) is 35.6 Å². The van der Waals surface area contributed by atoms with E-state index in [2.05, 4.69) is 19.2 Å². The summed E-state index contributed by atoms with van der Waals surface area (Å²) in [4.78, 5) is 13.9. The third kappa shape index (κ3) is 3.13. The van der Waals surface area contributed by atoms with Gasteiger partial charge in [-0.3, -0.25) is 10.1 Å². The van der Waals surface area contributed by atoms with Crippen molar-refractivity contribution in [1.82, 2.24) is 10.2 Å². The quantitative estimate of drug-likeness (QED) is 0.887. The van der Waals surface area contributed by atoms with Gasteiger partial charge in [-0.15, -0.1) is 0 Å². The zero-order valence-electron chi connectivity index (χ0n) is 11.5. The number of nitrogens with zero attached hydrogens (tertiary/aromatic N) is 1. The second-order valence-corrected chi connectivity index (χ2v) is 5.13. The van der Waals surface area contributed by atoms with Crippen LogP contribution < -0.4 is 5.32 Å². The van der Waals surface area contributed by atoms with Crippen molar-refractivity contribution in [3.8, 4) is 0 Å². The van der Waals surface area contributed by atoms with Gasteiger partial charge < -0.3 is 4.90 Å². The number of halogens is 1. The van der Waals surface area contributed by atoms with E-state index in [-0.39, 0.29) is 23.9 Å². The minimum absolute atomic E-state index is 0.0952. The molecule has 1 saturated heterocycles. The van der Waals surface area contributed by atoms with Gasteiger partial charge in [0, 0.05) is 6.04 Å². The van der Waals surface area contributed by atoms with Gasteiger partial charge in [0.15, 0.2) is 0 Å². The molecule has 1 aromatic carbocycles. The summed E-state index contributed by atoms with van der Waals surface area (Å²) >= 11 is 0. The summed E-state index contributed by atoms with van der Waals surface area (Å²) in [5.74, 6) is -0.169. The van der Waals surface area contributed by atoms with E-state index in [0.717, 1.165) is 24.8 Å². The van der Waals surface area contributed by atoms with Gasteiger partial charge in [0.1, 0.15) is 12.0 Å². The summed E-state index contributed by atoms with van der Waals surface area (Å²) in [6.45, 7) is 4.53. The van der Waals surface area contributed by atoms with Gasteiger partial charge >= 0.3 is 0 Å². The van der Waals surface area contributed by atoms with Crippen molar-refractivity contribution in [1.29, 1.82) is 0 Å². The molecule has 1 fully saturated rings. The number of carbonyl (C=O) groups is 1. The summed E-state index contributed by atoms with van der Waals surface area (Å²) in [6, 6.07) is 6.64. The van der Waals surface area contributed by atoms with Crippen LogP contribution in [0, 0.1) is 5.82 Å². The Balaban J connectivity index is 2.17. The fourth-order valence-electron chi connectivity index (χ4n) is 2.61. The first-order chi connectivity index (χ1) is 9.13. The Kier molecular flexibility index (Phi) is 4.53. The Bertz CT molecular complexity index is 450. The second-order valence-electron chi connectivity index (χ2n) is 5.13. The van der Waals surface area contributed by atoms with Crippen molar-refractivity contribution in [3.63, 3.8) is 0 Å². The summed E-state index contributed by atoms with van der Waals surface area (Å²) in [5, 5.41) is 3.17. The van der Waals surface area contributed by atoms with E-state index in [4.69, 9.17) is 0 Å². The van der Waals surface area contributed by atoms with E-state index in [1.807, 2.05) is 11.0 Å². The molecule has 0 aromatic heterocycles. The van der Waals surface area contributed by atoms with Crippen LogP contribution in [0.5, 0.6) is 0 Å². The van der Waals surface area contributed by atoms with Gasteiger partial charge in [-0.05, 0) is 31.0 Å². The SMILES string of the molecule is CCCCC(C)N1C(=O)CNC1c1cccc(F)c1. The number of hydrogen-bond acceptors (Lipinski definition) is 2. The standard InChI is InChI=1S/C15H21FN2O/c1-3-4-6-11(2)18-14(19)10-17-15(18)12-7-5-8-13(16)9-12/h5,7-9,11,15,17H,3-4,6,10H2,1-2H3. The second kappa shape index (κ2) is 6.15. The fraction of sp³-hybridized carbons (Fsp3) is 0.533. The van der Waals surface area contributed by atoms with Crippen LogP contribution in [0.3, 0.4) is 0 Å². The molecule has 4 heteroatoms. The number of carbonyl (C=O) groups excluding carboxylic acids is 1. The molecule has 3 nitrogen and oxygen atoms in total. The lowest BCUT2D eigenvalue weighted by Gasteiger charge is -2.30. The van der Waals surface area contributed by atoms with Crippen LogP contribution in [0.1, 0.15) is 44.8 Å². The van der Waals surface area contributed by atoms with E-state index in [1.165, 1.54) is 12.1 Å². The Morgan fingerprint density at radius 1 is 1.53 bits per heavy atom. The maximum Gasteiger partial charge on any atom is 0.238 e. The molecule has 0 bridgehead atoms. The lowest BCUT2D eigenvalue weighted by atomic mass is 10.1. The average Bonchev–Trinajstić information content (AvgIpc) is 2.78. The van der Waals surface area contributed by atoms with Crippen LogP contribution in [0.4, 0.5) is 4.39 Å². The first kappa shape index (κ1) is 14.0. The zero-order valence-corrected chi connectivity index (χ0v) is 11.5. The van der Waals surface area contributed by atoms with Crippen LogP contribution in [-0.2, 0) is 4.79 Å². The predicted octanol–water partition coefficient (Wildman–Crippen LogP) is 2.83. The monoisotopic (exact) mass is 264 g/mol. The van der Waals surface area contributed by atoms with Gasteiger partial charge in [0.2, 0.25) is 5.91 Å². The van der Waals surface area contributed by atoms with E-state index < -0.39 is 0 Å². The van der Waals surface area contributed by atoms with Gasteiger partial charge in [-0.25, -0.2) is 4.39 Å². The van der Waals surface area contributed by atoms with Crippen molar-refractivity contribution >= 4 is 5.91 Å². The van der Waals surface area contributed by atoms with Crippen LogP contribution in [-0.4, -0.2) is 23.4 Å². The Hall–Kier alpha value is -1.42. The van der Waals surface area contributed by atoms with E-state index in [9.17, 15) is 9.18 Å². The largest absolute Gasteiger partial charge is 0.319 e. The molecule has 104 valence electrons. The minimum atomic E-state index is -0.264. The lowest BCUT2D eigenvalue weighted by molar-refractivity contribution is -0.130. The van der Waals surface area contributed by atoms with Crippen molar-refractivity contribution in [2.75, 3.05) is 6.54 Å². The number of nitrogens with one attached hydrogen (secondary N) is 1. The normalized spacial score (nSPS) is 20.9. The van der Waals surface area contributed by atoms with E-state index in [0.29, 0.717) is 6.54 Å². The third-order valence-electron chi connectivity index (χ3n) is 3.63. The minimum Gasteiger partial charge on any atom is -0.319 e.